The number of amides is 3. The monoisotopic (exact) mass is 444 g/mol. The van der Waals surface area contributed by atoms with Crippen molar-refractivity contribution in [1.82, 2.24) is 20.7 Å². The van der Waals surface area contributed by atoms with Crippen molar-refractivity contribution in [2.75, 3.05) is 26.2 Å². The van der Waals surface area contributed by atoms with E-state index in [1.165, 1.54) is 6.07 Å². The van der Waals surface area contributed by atoms with Crippen molar-refractivity contribution in [1.29, 1.82) is 0 Å². The molecule has 7 nitrogen and oxygen atoms in total. The summed E-state index contributed by atoms with van der Waals surface area (Å²) in [6, 6.07) is 4.80. The zero-order valence-corrected chi connectivity index (χ0v) is 18.9. The maximum Gasteiger partial charge on any atom is 0.256 e. The van der Waals surface area contributed by atoms with E-state index < -0.39 is 5.82 Å². The molecule has 2 N–H and O–H groups in total. The Labute approximate surface area is 188 Å². The molecule has 3 fully saturated rings. The van der Waals surface area contributed by atoms with Gasteiger partial charge in [0.25, 0.3) is 5.91 Å². The van der Waals surface area contributed by atoms with E-state index in [9.17, 15) is 18.8 Å². The number of rotatable bonds is 4. The van der Waals surface area contributed by atoms with Crippen molar-refractivity contribution in [3.8, 4) is 0 Å². The quantitative estimate of drug-likeness (QED) is 0.746. The van der Waals surface area contributed by atoms with Gasteiger partial charge in [0.15, 0.2) is 0 Å². The molecule has 32 heavy (non-hydrogen) atoms. The van der Waals surface area contributed by atoms with E-state index >= 15 is 0 Å². The summed E-state index contributed by atoms with van der Waals surface area (Å²) < 4.78 is 14.6. The summed E-state index contributed by atoms with van der Waals surface area (Å²) in [6.45, 7) is 5.48. The van der Waals surface area contributed by atoms with Gasteiger partial charge in [-0.3, -0.25) is 19.8 Å². The molecule has 8 heteroatoms. The molecule has 0 radical (unpaired) electrons. The van der Waals surface area contributed by atoms with E-state index in [1.54, 1.807) is 21.9 Å². The lowest BCUT2D eigenvalue weighted by atomic mass is 9.72. The molecule has 4 rings (SSSR count). The van der Waals surface area contributed by atoms with Crippen molar-refractivity contribution in [2.45, 2.75) is 52.0 Å². The highest BCUT2D eigenvalue weighted by Gasteiger charge is 2.40. The van der Waals surface area contributed by atoms with Gasteiger partial charge in [-0.1, -0.05) is 32.8 Å². The van der Waals surface area contributed by atoms with E-state index in [2.05, 4.69) is 10.9 Å². The molecule has 2 aliphatic heterocycles. The van der Waals surface area contributed by atoms with Gasteiger partial charge in [-0.05, 0) is 42.9 Å². The van der Waals surface area contributed by atoms with Crippen molar-refractivity contribution in [3.05, 3.63) is 35.1 Å². The van der Waals surface area contributed by atoms with Crippen LogP contribution in [0.3, 0.4) is 0 Å². The van der Waals surface area contributed by atoms with Crippen LogP contribution in [-0.4, -0.2) is 59.7 Å². The van der Waals surface area contributed by atoms with Crippen LogP contribution in [0.1, 0.15) is 55.5 Å². The third-order valence-corrected chi connectivity index (χ3v) is 7.14. The summed E-state index contributed by atoms with van der Waals surface area (Å²) in [5.74, 6) is -0.501. The number of nitrogens with one attached hydrogen (secondary N) is 2. The highest BCUT2D eigenvalue weighted by Crippen LogP contribution is 2.35. The first-order valence-electron chi connectivity index (χ1n) is 11.8. The SMILES string of the molecule is CC(C)C(=O)N1CCN(C(=O)c2cc(CC3NNC(=O)C4CCCCC34)ccc2F)CC1. The van der Waals surface area contributed by atoms with E-state index in [0.29, 0.717) is 32.6 Å². The molecule has 0 bridgehead atoms. The molecule has 1 aromatic carbocycles. The summed E-state index contributed by atoms with van der Waals surface area (Å²) in [6.07, 6.45) is 4.73. The number of hydrazine groups is 1. The van der Waals surface area contributed by atoms with Crippen LogP contribution in [0.15, 0.2) is 18.2 Å². The Kier molecular flexibility index (Phi) is 6.79. The standard InChI is InChI=1S/C24H33FN4O3/c1-15(2)23(31)28-9-11-29(12-10-28)24(32)19-13-16(7-8-20(19)25)14-21-17-5-3-4-6-18(17)22(30)27-26-21/h7-8,13,15,17-18,21,26H,3-6,9-12,14H2,1-2H3,(H,27,30). The third-order valence-electron chi connectivity index (χ3n) is 7.14. The molecule has 3 amide bonds. The van der Waals surface area contributed by atoms with Crippen molar-refractivity contribution >= 4 is 17.7 Å². The molecule has 2 heterocycles. The minimum Gasteiger partial charge on any atom is -0.339 e. The minimum atomic E-state index is -0.528. The normalized spacial score (nSPS) is 26.0. The lowest BCUT2D eigenvalue weighted by molar-refractivity contribution is -0.136. The van der Waals surface area contributed by atoms with E-state index in [-0.39, 0.29) is 47.1 Å². The topological polar surface area (TPSA) is 81.8 Å². The van der Waals surface area contributed by atoms with E-state index in [0.717, 1.165) is 31.2 Å². The van der Waals surface area contributed by atoms with Gasteiger partial charge < -0.3 is 9.80 Å². The molecule has 3 unspecified atom stereocenters. The van der Waals surface area contributed by atoms with Crippen LogP contribution in [0.5, 0.6) is 0 Å². The van der Waals surface area contributed by atoms with Crippen LogP contribution < -0.4 is 10.9 Å². The Bertz CT molecular complexity index is 882. The molecule has 3 aliphatic rings. The van der Waals surface area contributed by atoms with Gasteiger partial charge in [-0.2, -0.15) is 0 Å². The summed E-state index contributed by atoms with van der Waals surface area (Å²) in [4.78, 5) is 40.8. The molecular weight excluding hydrogens is 411 g/mol. The molecule has 0 aromatic heterocycles. The average molecular weight is 445 g/mol. The molecule has 1 saturated carbocycles. The first kappa shape index (κ1) is 22.7. The van der Waals surface area contributed by atoms with Gasteiger partial charge in [0.05, 0.1) is 5.56 Å². The van der Waals surface area contributed by atoms with Crippen LogP contribution in [0.4, 0.5) is 4.39 Å². The Hall–Kier alpha value is -2.48. The molecule has 1 aromatic rings. The number of hydrogen-bond acceptors (Lipinski definition) is 4. The van der Waals surface area contributed by atoms with E-state index in [4.69, 9.17) is 0 Å². The number of halogens is 1. The number of hydrogen-bond donors (Lipinski definition) is 2. The smallest absolute Gasteiger partial charge is 0.256 e. The zero-order chi connectivity index (χ0) is 22.8. The van der Waals surface area contributed by atoms with Gasteiger partial charge in [0, 0.05) is 44.1 Å². The fourth-order valence-electron chi connectivity index (χ4n) is 5.32. The highest BCUT2D eigenvalue weighted by molar-refractivity contribution is 5.95. The predicted molar refractivity (Wildman–Crippen MR) is 118 cm³/mol. The lowest BCUT2D eigenvalue weighted by Gasteiger charge is -2.41. The zero-order valence-electron chi connectivity index (χ0n) is 18.9. The predicted octanol–water partition coefficient (Wildman–Crippen LogP) is 2.12. The molecule has 3 atom stereocenters. The van der Waals surface area contributed by atoms with Gasteiger partial charge in [-0.15, -0.1) is 0 Å². The maximum atomic E-state index is 14.6. The fraction of sp³-hybridized carbons (Fsp3) is 0.625. The maximum absolute atomic E-state index is 14.6. The minimum absolute atomic E-state index is 0.0291. The van der Waals surface area contributed by atoms with Crippen LogP contribution in [0.25, 0.3) is 0 Å². The fourth-order valence-corrected chi connectivity index (χ4v) is 5.32. The average Bonchev–Trinajstić information content (AvgIpc) is 2.81. The number of carbonyl (C=O) groups excluding carboxylic acids is 3. The van der Waals surface area contributed by atoms with Crippen LogP contribution in [0.2, 0.25) is 0 Å². The second-order valence-corrected chi connectivity index (χ2v) is 9.59. The third kappa shape index (κ3) is 4.65. The first-order chi connectivity index (χ1) is 15.3. The van der Waals surface area contributed by atoms with Crippen LogP contribution in [-0.2, 0) is 16.0 Å². The first-order valence-corrected chi connectivity index (χ1v) is 11.8. The number of benzene rings is 1. The Balaban J connectivity index is 1.43. The van der Waals surface area contributed by atoms with Crippen molar-refractivity contribution in [2.24, 2.45) is 17.8 Å². The van der Waals surface area contributed by atoms with Crippen LogP contribution >= 0.6 is 0 Å². The summed E-state index contributed by atoms with van der Waals surface area (Å²) in [7, 11) is 0. The van der Waals surface area contributed by atoms with Gasteiger partial charge in [-0.25, -0.2) is 9.82 Å². The van der Waals surface area contributed by atoms with E-state index in [1.807, 2.05) is 13.8 Å². The second kappa shape index (κ2) is 9.57. The highest BCUT2D eigenvalue weighted by atomic mass is 19.1. The molecule has 0 spiro atoms. The Morgan fingerprint density at radius 3 is 2.50 bits per heavy atom. The molecule has 1 aliphatic carbocycles. The molecular formula is C24H33FN4O3. The Morgan fingerprint density at radius 2 is 1.78 bits per heavy atom. The van der Waals surface area contributed by atoms with Gasteiger partial charge in [0.1, 0.15) is 5.82 Å². The summed E-state index contributed by atoms with van der Waals surface area (Å²) in [5, 5.41) is 0. The molecule has 2 saturated heterocycles. The van der Waals surface area contributed by atoms with Crippen molar-refractivity contribution < 1.29 is 18.8 Å². The lowest BCUT2D eigenvalue weighted by Crippen LogP contribution is -2.60. The Morgan fingerprint density at radius 1 is 1.09 bits per heavy atom. The number of carbonyl (C=O) groups is 3. The largest absolute Gasteiger partial charge is 0.339 e. The van der Waals surface area contributed by atoms with Gasteiger partial charge >= 0.3 is 0 Å². The van der Waals surface area contributed by atoms with Crippen molar-refractivity contribution in [3.63, 3.8) is 0 Å². The summed E-state index contributed by atoms with van der Waals surface area (Å²) in [5.41, 5.74) is 6.90. The second-order valence-electron chi connectivity index (χ2n) is 9.59. The number of fused-ring (bicyclic) bond motifs is 1. The van der Waals surface area contributed by atoms with Gasteiger partial charge in [0.2, 0.25) is 11.8 Å². The number of nitrogens with zero attached hydrogens (tertiary/aromatic N) is 2. The number of piperazine rings is 1. The summed E-state index contributed by atoms with van der Waals surface area (Å²) >= 11 is 0. The van der Waals surface area contributed by atoms with Crippen LogP contribution in [0, 0.1) is 23.6 Å². The molecule has 174 valence electrons.